The molecule has 0 aromatic heterocycles. The fraction of sp³-hybridized carbons (Fsp3) is 0.800. The Bertz CT molecular complexity index is 825. The maximum absolute atomic E-state index is 13.5. The Morgan fingerprint density at radius 3 is 0.881 bits per heavy atom. The van der Waals surface area contributed by atoms with E-state index in [-0.39, 0.29) is 37.0 Å². The quantitative estimate of drug-likeness (QED) is 0.189. The highest BCUT2D eigenvalue weighted by atomic mass is 16.5. The van der Waals surface area contributed by atoms with E-state index >= 15 is 0 Å². The minimum absolute atomic E-state index is 0.0882. The van der Waals surface area contributed by atoms with Crippen LogP contribution in [-0.2, 0) is 43.0 Å². The molecule has 0 unspecified atom stereocenters. The molecule has 12 nitrogen and oxygen atoms in total. The number of hydrogen-bond donors (Lipinski definition) is 3. The average Bonchev–Trinajstić information content (AvgIpc) is 2.93. The molecule has 42 heavy (non-hydrogen) atoms. The number of nitrogens with one attached hydrogen (secondary N) is 3. The highest BCUT2D eigenvalue weighted by molar-refractivity contribution is 5.91. The molecular weight excluding hydrogens is 546 g/mol. The summed E-state index contributed by atoms with van der Waals surface area (Å²) in [5, 5.41) is 8.25. The molecule has 0 aromatic carbocycles. The van der Waals surface area contributed by atoms with Crippen molar-refractivity contribution in [1.82, 2.24) is 16.0 Å². The molecular formula is C30H51N3O9. The lowest BCUT2D eigenvalue weighted by atomic mass is 9.73. The molecule has 0 saturated heterocycles. The molecule has 1 saturated carbocycles. The highest BCUT2D eigenvalue weighted by Gasteiger charge is 2.41. The number of carbonyl (C=O) groups is 6. The zero-order valence-electron chi connectivity index (χ0n) is 26.6. The topological polar surface area (TPSA) is 166 Å². The van der Waals surface area contributed by atoms with Gasteiger partial charge in [0, 0.05) is 17.8 Å². The summed E-state index contributed by atoms with van der Waals surface area (Å²) in [6.07, 6.45) is 1.39. The van der Waals surface area contributed by atoms with Crippen molar-refractivity contribution >= 4 is 35.6 Å². The normalized spacial score (nSPS) is 20.7. The van der Waals surface area contributed by atoms with Crippen molar-refractivity contribution in [2.45, 2.75) is 98.2 Å². The lowest BCUT2D eigenvalue weighted by molar-refractivity contribution is -0.148. The molecule has 3 amide bonds. The summed E-state index contributed by atoms with van der Waals surface area (Å²) in [7, 11) is 3.73. The second kappa shape index (κ2) is 17.7. The Morgan fingerprint density at radius 2 is 0.714 bits per heavy atom. The summed E-state index contributed by atoms with van der Waals surface area (Å²) in [5.74, 6) is -5.25. The van der Waals surface area contributed by atoms with Crippen LogP contribution >= 0.6 is 0 Å². The first-order chi connectivity index (χ1) is 19.6. The largest absolute Gasteiger partial charge is 0.467 e. The van der Waals surface area contributed by atoms with Gasteiger partial charge in [-0.25, -0.2) is 14.4 Å². The van der Waals surface area contributed by atoms with Crippen LogP contribution in [0.5, 0.6) is 0 Å². The number of methoxy groups -OCH3 is 3. The Balaban J connectivity index is 3.29. The molecule has 1 aliphatic carbocycles. The third kappa shape index (κ3) is 12.0. The lowest BCUT2D eigenvalue weighted by Gasteiger charge is -2.35. The van der Waals surface area contributed by atoms with Gasteiger partial charge in [-0.05, 0) is 56.3 Å². The first-order valence-corrected chi connectivity index (χ1v) is 14.8. The zero-order valence-corrected chi connectivity index (χ0v) is 26.6. The Morgan fingerprint density at radius 1 is 0.500 bits per heavy atom. The van der Waals surface area contributed by atoms with Gasteiger partial charge in [0.05, 0.1) is 21.3 Å². The van der Waals surface area contributed by atoms with Gasteiger partial charge in [-0.15, -0.1) is 0 Å². The van der Waals surface area contributed by atoms with E-state index in [0.717, 1.165) is 0 Å². The molecule has 240 valence electrons. The first-order valence-electron chi connectivity index (χ1n) is 14.8. The predicted molar refractivity (Wildman–Crippen MR) is 155 cm³/mol. The van der Waals surface area contributed by atoms with E-state index in [2.05, 4.69) is 16.0 Å². The van der Waals surface area contributed by atoms with Crippen molar-refractivity contribution in [2.24, 2.45) is 35.5 Å². The molecule has 1 aliphatic rings. The van der Waals surface area contributed by atoms with Gasteiger partial charge in [-0.2, -0.15) is 0 Å². The number of amides is 3. The summed E-state index contributed by atoms with van der Waals surface area (Å²) in [6.45, 7) is 11.5. The van der Waals surface area contributed by atoms with Gasteiger partial charge in [-0.3, -0.25) is 14.4 Å². The van der Waals surface area contributed by atoms with Gasteiger partial charge in [0.25, 0.3) is 0 Å². The Kier molecular flexibility index (Phi) is 15.5. The minimum atomic E-state index is -0.881. The molecule has 0 bridgehead atoms. The van der Waals surface area contributed by atoms with Gasteiger partial charge in [0.1, 0.15) is 18.1 Å². The van der Waals surface area contributed by atoms with Crippen molar-refractivity contribution in [3.63, 3.8) is 0 Å². The Hall–Kier alpha value is -3.18. The van der Waals surface area contributed by atoms with E-state index in [1.165, 1.54) is 21.3 Å². The van der Waals surface area contributed by atoms with Crippen molar-refractivity contribution in [2.75, 3.05) is 21.3 Å². The van der Waals surface area contributed by atoms with Gasteiger partial charge < -0.3 is 30.2 Å². The van der Waals surface area contributed by atoms with E-state index in [1.807, 2.05) is 41.5 Å². The van der Waals surface area contributed by atoms with E-state index in [4.69, 9.17) is 14.2 Å². The molecule has 0 spiro atoms. The van der Waals surface area contributed by atoms with E-state index < -0.39 is 71.5 Å². The predicted octanol–water partition coefficient (Wildman–Crippen LogP) is 2.13. The van der Waals surface area contributed by atoms with Crippen molar-refractivity contribution in [3.05, 3.63) is 0 Å². The van der Waals surface area contributed by atoms with Crippen LogP contribution in [0.1, 0.15) is 80.1 Å². The maximum atomic E-state index is 13.5. The number of rotatable bonds is 15. The molecule has 0 heterocycles. The Labute approximate surface area is 249 Å². The third-order valence-corrected chi connectivity index (χ3v) is 7.35. The number of ether oxygens (including phenoxy) is 3. The van der Waals surface area contributed by atoms with Crippen LogP contribution in [0.15, 0.2) is 0 Å². The molecule has 1 rings (SSSR count). The molecule has 3 atom stereocenters. The van der Waals surface area contributed by atoms with Crippen molar-refractivity contribution in [3.8, 4) is 0 Å². The summed E-state index contributed by atoms with van der Waals surface area (Å²) >= 11 is 0. The number of carbonyl (C=O) groups excluding carboxylic acids is 6. The van der Waals surface area contributed by atoms with Crippen LogP contribution in [-0.4, -0.2) is 75.1 Å². The van der Waals surface area contributed by atoms with Crippen molar-refractivity contribution < 1.29 is 43.0 Å². The second-order valence-corrected chi connectivity index (χ2v) is 12.4. The van der Waals surface area contributed by atoms with Crippen LogP contribution in [0.3, 0.4) is 0 Å². The van der Waals surface area contributed by atoms with E-state index in [0.29, 0.717) is 19.3 Å². The molecule has 0 aromatic rings. The van der Waals surface area contributed by atoms with Crippen LogP contribution in [0.25, 0.3) is 0 Å². The molecule has 0 radical (unpaired) electrons. The van der Waals surface area contributed by atoms with Crippen LogP contribution < -0.4 is 16.0 Å². The van der Waals surface area contributed by atoms with Gasteiger partial charge in [-0.1, -0.05) is 41.5 Å². The molecule has 3 N–H and O–H groups in total. The summed E-state index contributed by atoms with van der Waals surface area (Å²) in [4.78, 5) is 77.5. The first kappa shape index (κ1) is 36.8. The lowest BCUT2D eigenvalue weighted by Crippen LogP contribution is -2.52. The smallest absolute Gasteiger partial charge is 0.328 e. The van der Waals surface area contributed by atoms with Crippen LogP contribution in [0, 0.1) is 35.5 Å². The zero-order chi connectivity index (χ0) is 32.1. The van der Waals surface area contributed by atoms with Gasteiger partial charge >= 0.3 is 17.9 Å². The number of hydrogen-bond acceptors (Lipinski definition) is 9. The van der Waals surface area contributed by atoms with Gasteiger partial charge in [0.2, 0.25) is 17.7 Å². The van der Waals surface area contributed by atoms with Crippen molar-refractivity contribution in [1.29, 1.82) is 0 Å². The monoisotopic (exact) mass is 597 g/mol. The fourth-order valence-electron chi connectivity index (χ4n) is 5.31. The minimum Gasteiger partial charge on any atom is -0.467 e. The second-order valence-electron chi connectivity index (χ2n) is 12.4. The van der Waals surface area contributed by atoms with Crippen LogP contribution in [0.2, 0.25) is 0 Å². The SMILES string of the molecule is COC(=O)[C@H](CC(C)C)NC(=O)C1CC(C(=O)N[C@@H](CC(C)C)C(=O)OC)CC(C(=O)N[C@@H](CC(C)C)C(=O)OC)C1. The summed E-state index contributed by atoms with van der Waals surface area (Å²) < 4.78 is 14.6. The molecule has 0 aliphatic heterocycles. The standard InChI is InChI=1S/C30H51N3O9/c1-16(2)10-22(28(37)40-7)31-25(34)19-13-20(26(35)32-23(11-17(3)4)29(38)41-8)15-21(14-19)27(36)33-24(12-18(5)6)30(39)42-9/h16-24H,10-15H2,1-9H3,(H,31,34)(H,32,35)(H,33,36)/t19?,20?,21?,22-,23-,24-/m0/s1. The fourth-order valence-corrected chi connectivity index (χ4v) is 5.31. The molecule has 1 fully saturated rings. The number of esters is 3. The van der Waals surface area contributed by atoms with E-state index in [1.54, 1.807) is 0 Å². The summed E-state index contributed by atoms with van der Waals surface area (Å²) in [5.41, 5.74) is 0. The summed E-state index contributed by atoms with van der Waals surface area (Å²) in [6, 6.07) is -2.64. The van der Waals surface area contributed by atoms with Crippen LogP contribution in [0.4, 0.5) is 0 Å². The van der Waals surface area contributed by atoms with E-state index in [9.17, 15) is 28.8 Å². The third-order valence-electron chi connectivity index (χ3n) is 7.35. The van der Waals surface area contributed by atoms with Gasteiger partial charge in [0.15, 0.2) is 0 Å². The highest BCUT2D eigenvalue weighted by Crippen LogP contribution is 2.35. The molecule has 12 heteroatoms. The average molecular weight is 598 g/mol. The maximum Gasteiger partial charge on any atom is 0.328 e.